The number of thiazole rings is 1. The number of nitrogens with two attached hydrogens (primary N) is 1. The number of urea groups is 1. The van der Waals surface area contributed by atoms with Crippen LogP contribution in [0.3, 0.4) is 0 Å². The zero-order chi connectivity index (χ0) is 20.1. The van der Waals surface area contributed by atoms with Gasteiger partial charge in [0, 0.05) is 11.1 Å². The molecular weight excluding hydrogens is 396 g/mol. The lowest BCUT2D eigenvalue weighted by Gasteiger charge is -2.15. The van der Waals surface area contributed by atoms with Crippen LogP contribution in [-0.2, 0) is 41.2 Å². The molecule has 7 nitrogen and oxygen atoms in total. The highest BCUT2D eigenvalue weighted by Gasteiger charge is 2.26. The van der Waals surface area contributed by atoms with E-state index in [0.29, 0.717) is 5.69 Å². The van der Waals surface area contributed by atoms with E-state index in [1.165, 1.54) is 22.3 Å². The molecule has 2 aliphatic carbocycles. The van der Waals surface area contributed by atoms with Gasteiger partial charge in [0.2, 0.25) is 4.34 Å². The van der Waals surface area contributed by atoms with E-state index < -0.39 is 21.5 Å². The number of hydrogen-bond acceptors (Lipinski definition) is 5. The second-order valence-electron chi connectivity index (χ2n) is 7.88. The van der Waals surface area contributed by atoms with Crippen molar-refractivity contribution in [3.05, 3.63) is 39.4 Å². The summed E-state index contributed by atoms with van der Waals surface area (Å²) in [5.41, 5.74) is 4.93. The maximum absolute atomic E-state index is 12.8. The number of aromatic nitrogens is 1. The number of carbonyl (C=O) groups excluding carboxylic acids is 1. The summed E-state index contributed by atoms with van der Waals surface area (Å²) < 4.78 is 16.6. The zero-order valence-electron chi connectivity index (χ0n) is 15.9. The monoisotopic (exact) mass is 420 g/mol. The molecular formula is C19H24N4O3S2. The summed E-state index contributed by atoms with van der Waals surface area (Å²) in [6, 6.07) is 1.55. The number of amides is 2. The van der Waals surface area contributed by atoms with Crippen LogP contribution in [0.1, 0.15) is 54.6 Å². The molecule has 0 aliphatic heterocycles. The molecule has 0 fully saturated rings. The standard InChI is InChI=1S/C19H24N4O3S2/c1-19(2,25)15-10-27-18(21-15)28(20,26)23-17(24)22-16-13-7-3-5-11(13)9-12-6-4-8-14(12)16/h9-10,25H,3-8H2,1-2H3,(H3,20,22,23,24,26). The number of nitrogens with one attached hydrogen (secondary N) is 1. The fourth-order valence-corrected chi connectivity index (χ4v) is 6.04. The molecule has 0 saturated heterocycles. The van der Waals surface area contributed by atoms with Crippen LogP contribution in [0.25, 0.3) is 0 Å². The average Bonchev–Trinajstić information content (AvgIpc) is 3.33. The number of aliphatic hydroxyl groups is 1. The Labute approximate surface area is 168 Å². The molecule has 9 heteroatoms. The van der Waals surface area contributed by atoms with Crippen molar-refractivity contribution in [1.82, 2.24) is 4.98 Å². The first-order valence-corrected chi connectivity index (χ1v) is 11.8. The summed E-state index contributed by atoms with van der Waals surface area (Å²) in [4.78, 5) is 16.7. The van der Waals surface area contributed by atoms with E-state index in [1.807, 2.05) is 0 Å². The first-order valence-electron chi connectivity index (χ1n) is 9.36. The van der Waals surface area contributed by atoms with Gasteiger partial charge in [-0.3, -0.25) is 0 Å². The van der Waals surface area contributed by atoms with Gasteiger partial charge < -0.3 is 10.4 Å². The van der Waals surface area contributed by atoms with Gasteiger partial charge in [-0.1, -0.05) is 6.07 Å². The van der Waals surface area contributed by atoms with E-state index in [4.69, 9.17) is 5.14 Å². The van der Waals surface area contributed by atoms with Crippen molar-refractivity contribution in [3.8, 4) is 0 Å². The number of benzene rings is 1. The Morgan fingerprint density at radius 1 is 1.25 bits per heavy atom. The van der Waals surface area contributed by atoms with Crippen molar-refractivity contribution in [3.63, 3.8) is 0 Å². The minimum absolute atomic E-state index is 0.0308. The highest BCUT2D eigenvalue weighted by molar-refractivity contribution is 7.93. The van der Waals surface area contributed by atoms with Crippen molar-refractivity contribution in [2.24, 2.45) is 9.50 Å². The number of anilines is 1. The summed E-state index contributed by atoms with van der Waals surface area (Å²) in [5.74, 6) is 0. The van der Waals surface area contributed by atoms with Gasteiger partial charge in [-0.05, 0) is 74.6 Å². The van der Waals surface area contributed by atoms with E-state index >= 15 is 0 Å². The molecule has 1 unspecified atom stereocenters. The van der Waals surface area contributed by atoms with Gasteiger partial charge in [-0.15, -0.1) is 15.7 Å². The first-order chi connectivity index (χ1) is 13.1. The van der Waals surface area contributed by atoms with Gasteiger partial charge in [-0.2, -0.15) is 0 Å². The average molecular weight is 421 g/mol. The second kappa shape index (κ2) is 6.91. The minimum Gasteiger partial charge on any atom is -0.384 e. The van der Waals surface area contributed by atoms with E-state index in [0.717, 1.165) is 55.5 Å². The molecule has 2 aromatic rings. The maximum Gasteiger partial charge on any atom is 0.354 e. The van der Waals surface area contributed by atoms with Crippen LogP contribution in [-0.4, -0.2) is 20.3 Å². The Morgan fingerprint density at radius 2 is 1.86 bits per heavy atom. The van der Waals surface area contributed by atoms with Crippen LogP contribution >= 0.6 is 11.3 Å². The zero-order valence-corrected chi connectivity index (χ0v) is 17.6. The molecule has 0 bridgehead atoms. The lowest BCUT2D eigenvalue weighted by Crippen LogP contribution is -2.20. The van der Waals surface area contributed by atoms with E-state index in [-0.39, 0.29) is 4.34 Å². The van der Waals surface area contributed by atoms with Gasteiger partial charge in [-0.25, -0.2) is 19.1 Å². The molecule has 150 valence electrons. The summed E-state index contributed by atoms with van der Waals surface area (Å²) >= 11 is 1.03. The molecule has 4 N–H and O–H groups in total. The lowest BCUT2D eigenvalue weighted by atomic mass is 9.99. The number of nitrogens with zero attached hydrogens (tertiary/aromatic N) is 2. The SMILES string of the molecule is CC(C)(O)c1csc(S(N)(=O)=NC(=O)Nc2c3c(cc4c2CCC4)CCC3)n1. The van der Waals surface area contributed by atoms with Gasteiger partial charge in [0.25, 0.3) is 0 Å². The fraction of sp³-hybridized carbons (Fsp3) is 0.474. The van der Waals surface area contributed by atoms with Crippen LogP contribution in [0.4, 0.5) is 10.5 Å². The van der Waals surface area contributed by atoms with Crippen molar-refractivity contribution in [2.75, 3.05) is 5.32 Å². The Morgan fingerprint density at radius 3 is 2.39 bits per heavy atom. The van der Waals surface area contributed by atoms with Crippen molar-refractivity contribution in [2.45, 2.75) is 62.3 Å². The number of aryl methyl sites for hydroxylation is 2. The third kappa shape index (κ3) is 3.59. The van der Waals surface area contributed by atoms with Crippen LogP contribution in [0, 0.1) is 0 Å². The quantitative estimate of drug-likeness (QED) is 0.706. The van der Waals surface area contributed by atoms with Crippen LogP contribution < -0.4 is 10.5 Å². The molecule has 0 radical (unpaired) electrons. The van der Waals surface area contributed by atoms with Crippen LogP contribution in [0.5, 0.6) is 0 Å². The third-order valence-corrected chi connectivity index (χ3v) is 7.95. The highest BCUT2D eigenvalue weighted by atomic mass is 32.2. The predicted octanol–water partition coefficient (Wildman–Crippen LogP) is 3.28. The summed E-state index contributed by atoms with van der Waals surface area (Å²) in [6.07, 6.45) is 6.05. The van der Waals surface area contributed by atoms with Crippen molar-refractivity contribution >= 4 is 33.0 Å². The molecule has 0 spiro atoms. The number of fused-ring (bicyclic) bond motifs is 2. The molecule has 0 saturated carbocycles. The molecule has 2 amide bonds. The van der Waals surface area contributed by atoms with Gasteiger partial charge in [0.05, 0.1) is 5.69 Å². The fourth-order valence-electron chi connectivity index (χ4n) is 3.93. The topological polar surface area (TPSA) is 118 Å². The maximum atomic E-state index is 12.8. The van der Waals surface area contributed by atoms with E-state index in [1.54, 1.807) is 19.2 Å². The van der Waals surface area contributed by atoms with E-state index in [2.05, 4.69) is 20.7 Å². The summed E-state index contributed by atoms with van der Waals surface area (Å²) in [7, 11) is -3.49. The summed E-state index contributed by atoms with van der Waals surface area (Å²) in [5, 5.41) is 20.3. The van der Waals surface area contributed by atoms with Crippen LogP contribution in [0.15, 0.2) is 20.1 Å². The second-order valence-corrected chi connectivity index (χ2v) is 10.7. The largest absolute Gasteiger partial charge is 0.384 e. The predicted molar refractivity (Wildman–Crippen MR) is 110 cm³/mol. The molecule has 4 rings (SSSR count). The molecule has 1 aromatic heterocycles. The third-order valence-electron chi connectivity index (χ3n) is 5.28. The first kappa shape index (κ1) is 19.5. The molecule has 1 aromatic carbocycles. The molecule has 2 aliphatic rings. The normalized spacial score (nSPS) is 17.7. The van der Waals surface area contributed by atoms with Crippen LogP contribution in [0.2, 0.25) is 0 Å². The Kier molecular flexibility index (Phi) is 4.81. The van der Waals surface area contributed by atoms with Gasteiger partial charge >= 0.3 is 6.03 Å². The highest BCUT2D eigenvalue weighted by Crippen LogP contribution is 2.38. The number of rotatable bonds is 3. The van der Waals surface area contributed by atoms with Gasteiger partial charge in [0.1, 0.15) is 5.60 Å². The van der Waals surface area contributed by atoms with E-state index in [9.17, 15) is 14.1 Å². The van der Waals surface area contributed by atoms with Crippen molar-refractivity contribution in [1.29, 1.82) is 0 Å². The molecule has 1 atom stereocenters. The molecule has 28 heavy (non-hydrogen) atoms. The Hall–Kier alpha value is -1.81. The number of carbonyl (C=O) groups is 1. The number of hydrogen-bond donors (Lipinski definition) is 3. The Balaban J connectivity index is 1.65. The minimum atomic E-state index is -3.49. The van der Waals surface area contributed by atoms with Crippen molar-refractivity contribution < 1.29 is 14.1 Å². The van der Waals surface area contributed by atoms with Gasteiger partial charge in [0.15, 0.2) is 9.92 Å². The summed E-state index contributed by atoms with van der Waals surface area (Å²) in [6.45, 7) is 3.15. The Bertz CT molecular complexity index is 1040. The lowest BCUT2D eigenvalue weighted by molar-refractivity contribution is 0.0741. The smallest absolute Gasteiger partial charge is 0.354 e. The molecule has 1 heterocycles.